The van der Waals surface area contributed by atoms with E-state index in [1.54, 1.807) is 6.08 Å². The van der Waals surface area contributed by atoms with E-state index in [0.717, 1.165) is 21.9 Å². The third-order valence-electron chi connectivity index (χ3n) is 4.02. The van der Waals surface area contributed by atoms with Gasteiger partial charge in [-0.05, 0) is 35.4 Å². The topological polar surface area (TPSA) is 38.7 Å². The molecule has 0 spiro atoms. The minimum atomic E-state index is -0.418. The second kappa shape index (κ2) is 5.78. The van der Waals surface area contributed by atoms with Crippen molar-refractivity contribution in [2.24, 2.45) is 4.99 Å². The van der Waals surface area contributed by atoms with Crippen LogP contribution >= 0.6 is 0 Å². The van der Waals surface area contributed by atoms with E-state index in [2.05, 4.69) is 4.99 Å². The summed E-state index contributed by atoms with van der Waals surface area (Å²) in [5.41, 5.74) is 3.25. The van der Waals surface area contributed by atoms with E-state index < -0.39 is 5.97 Å². The van der Waals surface area contributed by atoms with E-state index in [9.17, 15) is 4.79 Å². The molecule has 0 N–H and O–H groups in total. The monoisotopic (exact) mass is 313 g/mol. The van der Waals surface area contributed by atoms with E-state index in [1.807, 2.05) is 73.7 Å². The molecule has 1 heterocycles. The van der Waals surface area contributed by atoms with Gasteiger partial charge in [0, 0.05) is 5.56 Å². The average molecular weight is 313 g/mol. The minimum Gasteiger partial charge on any atom is -0.402 e. The van der Waals surface area contributed by atoms with Gasteiger partial charge in [-0.3, -0.25) is 0 Å². The Bertz CT molecular complexity index is 993. The number of aliphatic imine (C=N–C) groups is 1. The molecule has 3 aromatic carbocycles. The first-order valence-electron chi connectivity index (χ1n) is 7.78. The van der Waals surface area contributed by atoms with Crippen molar-refractivity contribution in [2.45, 2.75) is 6.92 Å². The van der Waals surface area contributed by atoms with Gasteiger partial charge >= 0.3 is 5.97 Å². The average Bonchev–Trinajstić information content (AvgIpc) is 2.97. The molecule has 0 saturated carbocycles. The Balaban J connectivity index is 1.77. The predicted molar refractivity (Wildman–Crippen MR) is 95.7 cm³/mol. The van der Waals surface area contributed by atoms with Crippen LogP contribution in [0.15, 0.2) is 77.4 Å². The Hall–Kier alpha value is -3.20. The fourth-order valence-corrected chi connectivity index (χ4v) is 2.76. The molecule has 0 fully saturated rings. The number of benzene rings is 3. The highest BCUT2D eigenvalue weighted by atomic mass is 16.6. The smallest absolute Gasteiger partial charge is 0.363 e. The maximum absolute atomic E-state index is 12.2. The van der Waals surface area contributed by atoms with Crippen LogP contribution in [0.25, 0.3) is 16.8 Å². The van der Waals surface area contributed by atoms with Crippen molar-refractivity contribution in [2.75, 3.05) is 0 Å². The molecular weight excluding hydrogens is 298 g/mol. The lowest BCUT2D eigenvalue weighted by Crippen LogP contribution is -2.05. The summed E-state index contributed by atoms with van der Waals surface area (Å²) in [5.74, 6) is -0.0614. The third-order valence-corrected chi connectivity index (χ3v) is 4.02. The van der Waals surface area contributed by atoms with Crippen molar-refractivity contribution in [1.82, 2.24) is 0 Å². The largest absolute Gasteiger partial charge is 0.402 e. The second-order valence-electron chi connectivity index (χ2n) is 5.77. The maximum Gasteiger partial charge on any atom is 0.363 e. The summed E-state index contributed by atoms with van der Waals surface area (Å²) in [6, 6.07) is 21.8. The van der Waals surface area contributed by atoms with E-state index in [0.29, 0.717) is 11.6 Å². The van der Waals surface area contributed by atoms with Crippen molar-refractivity contribution in [3.05, 3.63) is 89.1 Å². The lowest BCUT2D eigenvalue weighted by molar-refractivity contribution is -0.129. The first-order chi connectivity index (χ1) is 11.7. The number of ether oxygens (including phenoxy) is 1. The normalized spacial score (nSPS) is 15.6. The Morgan fingerprint density at radius 2 is 1.67 bits per heavy atom. The molecule has 0 atom stereocenters. The molecule has 1 aliphatic heterocycles. The Morgan fingerprint density at radius 3 is 2.50 bits per heavy atom. The second-order valence-corrected chi connectivity index (χ2v) is 5.77. The molecule has 24 heavy (non-hydrogen) atoms. The van der Waals surface area contributed by atoms with Gasteiger partial charge in [0.05, 0.1) is 0 Å². The number of cyclic esters (lactones) is 1. The van der Waals surface area contributed by atoms with Crippen LogP contribution in [-0.4, -0.2) is 11.9 Å². The van der Waals surface area contributed by atoms with Crippen LogP contribution in [0, 0.1) is 6.92 Å². The summed E-state index contributed by atoms with van der Waals surface area (Å²) in [6.45, 7) is 2.03. The van der Waals surface area contributed by atoms with Gasteiger partial charge in [-0.2, -0.15) is 0 Å². The van der Waals surface area contributed by atoms with Gasteiger partial charge < -0.3 is 4.74 Å². The van der Waals surface area contributed by atoms with Gasteiger partial charge in [-0.1, -0.05) is 66.2 Å². The van der Waals surface area contributed by atoms with E-state index in [-0.39, 0.29) is 0 Å². The zero-order valence-corrected chi connectivity index (χ0v) is 13.2. The van der Waals surface area contributed by atoms with Gasteiger partial charge in [0.1, 0.15) is 0 Å². The Labute approximate surface area is 139 Å². The van der Waals surface area contributed by atoms with Gasteiger partial charge in [0.2, 0.25) is 5.90 Å². The van der Waals surface area contributed by atoms with Crippen LogP contribution in [0.2, 0.25) is 0 Å². The highest BCUT2D eigenvalue weighted by molar-refractivity contribution is 6.17. The first-order valence-corrected chi connectivity index (χ1v) is 7.78. The summed E-state index contributed by atoms with van der Waals surface area (Å²) in [4.78, 5) is 16.6. The van der Waals surface area contributed by atoms with E-state index >= 15 is 0 Å². The highest BCUT2D eigenvalue weighted by Gasteiger charge is 2.25. The molecule has 3 nitrogen and oxygen atoms in total. The number of aryl methyl sites for hydroxylation is 1. The molecule has 0 unspecified atom stereocenters. The van der Waals surface area contributed by atoms with E-state index in [1.165, 1.54) is 5.56 Å². The lowest BCUT2D eigenvalue weighted by atomic mass is 10.0. The molecule has 0 aliphatic carbocycles. The molecule has 3 aromatic rings. The number of hydrogen-bond donors (Lipinski definition) is 0. The first kappa shape index (κ1) is 14.4. The number of nitrogens with zero attached hydrogens (tertiary/aromatic N) is 1. The van der Waals surface area contributed by atoms with Gasteiger partial charge in [-0.25, -0.2) is 9.79 Å². The summed E-state index contributed by atoms with van der Waals surface area (Å²) < 4.78 is 5.41. The van der Waals surface area contributed by atoms with Crippen LogP contribution in [0.3, 0.4) is 0 Å². The molecule has 3 heteroatoms. The Kier molecular flexibility index (Phi) is 3.47. The van der Waals surface area contributed by atoms with Crippen molar-refractivity contribution in [3.8, 4) is 0 Å². The number of rotatable bonds is 2. The van der Waals surface area contributed by atoms with E-state index in [4.69, 9.17) is 4.74 Å². The summed E-state index contributed by atoms with van der Waals surface area (Å²) in [6.07, 6.45) is 1.75. The van der Waals surface area contributed by atoms with Gasteiger partial charge in [0.15, 0.2) is 5.70 Å². The molecule has 4 rings (SSSR count). The minimum absolute atomic E-state index is 0.321. The zero-order chi connectivity index (χ0) is 16.5. The lowest BCUT2D eigenvalue weighted by Gasteiger charge is -2.04. The predicted octanol–water partition coefficient (Wildman–Crippen LogP) is 4.49. The fourth-order valence-electron chi connectivity index (χ4n) is 2.76. The molecule has 116 valence electrons. The highest BCUT2D eigenvalue weighted by Crippen LogP contribution is 2.24. The Morgan fingerprint density at radius 1 is 0.917 bits per heavy atom. The molecular formula is C21H15NO2. The molecule has 1 aliphatic rings. The summed E-state index contributed by atoms with van der Waals surface area (Å²) >= 11 is 0. The molecule has 0 radical (unpaired) electrons. The summed E-state index contributed by atoms with van der Waals surface area (Å²) in [5, 5.41) is 2.10. The van der Waals surface area contributed by atoms with Crippen LogP contribution in [0.1, 0.15) is 16.7 Å². The van der Waals surface area contributed by atoms with Gasteiger partial charge in [-0.15, -0.1) is 0 Å². The number of carbonyl (C=O) groups is 1. The molecule has 0 saturated heterocycles. The SMILES string of the molecule is Cc1ccc(/C=C2\N=C(c3cccc4ccccc34)OC2=O)cc1. The molecule has 0 aromatic heterocycles. The van der Waals surface area contributed by atoms with Crippen LogP contribution in [0.4, 0.5) is 0 Å². The van der Waals surface area contributed by atoms with Gasteiger partial charge in [0.25, 0.3) is 0 Å². The maximum atomic E-state index is 12.2. The van der Waals surface area contributed by atoms with Crippen molar-refractivity contribution in [3.63, 3.8) is 0 Å². The summed E-state index contributed by atoms with van der Waals surface area (Å²) in [7, 11) is 0. The molecule has 0 amide bonds. The quantitative estimate of drug-likeness (QED) is 0.516. The number of fused-ring (bicyclic) bond motifs is 1. The van der Waals surface area contributed by atoms with Crippen molar-refractivity contribution in [1.29, 1.82) is 0 Å². The van der Waals surface area contributed by atoms with Crippen LogP contribution < -0.4 is 0 Å². The van der Waals surface area contributed by atoms with Crippen molar-refractivity contribution < 1.29 is 9.53 Å². The fraction of sp³-hybridized carbons (Fsp3) is 0.0476. The number of hydrogen-bond acceptors (Lipinski definition) is 3. The third kappa shape index (κ3) is 2.61. The van der Waals surface area contributed by atoms with Crippen molar-refractivity contribution >= 4 is 28.7 Å². The zero-order valence-electron chi connectivity index (χ0n) is 13.2. The molecule has 0 bridgehead atoms. The van der Waals surface area contributed by atoms with Crippen LogP contribution in [0.5, 0.6) is 0 Å². The number of esters is 1. The van der Waals surface area contributed by atoms with Crippen LogP contribution in [-0.2, 0) is 9.53 Å². The number of carbonyl (C=O) groups excluding carboxylic acids is 1. The standard InChI is InChI=1S/C21H15NO2/c1-14-9-11-15(12-10-14)13-19-21(23)24-20(22-19)18-8-4-6-16-5-2-3-7-17(16)18/h2-13H,1H3/b19-13-.